The lowest BCUT2D eigenvalue weighted by atomic mass is 9.93. The molecule has 150 valence electrons. The highest BCUT2D eigenvalue weighted by molar-refractivity contribution is 14.0. The van der Waals surface area contributed by atoms with Crippen LogP contribution in [-0.4, -0.2) is 34.2 Å². The number of nitrogens with one attached hydrogen (secondary N) is 2. The first-order chi connectivity index (χ1) is 12.6. The monoisotopic (exact) mass is 488 g/mol. The third-order valence-corrected chi connectivity index (χ3v) is 5.30. The van der Waals surface area contributed by atoms with Crippen molar-refractivity contribution in [2.24, 2.45) is 4.99 Å². The average molecular weight is 488 g/mol. The lowest BCUT2D eigenvalue weighted by molar-refractivity contribution is -0.384. The number of rotatable bonds is 5. The van der Waals surface area contributed by atoms with Gasteiger partial charge in [-0.2, -0.15) is 0 Å². The van der Waals surface area contributed by atoms with Gasteiger partial charge in [-0.1, -0.05) is 25.0 Å². The van der Waals surface area contributed by atoms with Gasteiger partial charge in [0, 0.05) is 24.2 Å². The minimum Gasteiger partial charge on any atom is -0.393 e. The summed E-state index contributed by atoms with van der Waals surface area (Å²) in [6.07, 6.45) is 8.23. The van der Waals surface area contributed by atoms with Crippen LogP contribution >= 0.6 is 24.0 Å². The zero-order chi connectivity index (χ0) is 18.4. The minimum atomic E-state index is -0.390. The number of nitro groups is 1. The number of aliphatic hydroxyl groups excluding tert-OH is 1. The van der Waals surface area contributed by atoms with E-state index in [-0.39, 0.29) is 40.7 Å². The fourth-order valence-corrected chi connectivity index (χ4v) is 3.70. The summed E-state index contributed by atoms with van der Waals surface area (Å²) in [7, 11) is 0. The summed E-state index contributed by atoms with van der Waals surface area (Å²) in [6.45, 7) is 0.482. The molecule has 2 fully saturated rings. The molecule has 0 aliphatic heterocycles. The van der Waals surface area contributed by atoms with Gasteiger partial charge in [0.2, 0.25) is 0 Å². The predicted molar refractivity (Wildman–Crippen MR) is 116 cm³/mol. The highest BCUT2D eigenvalue weighted by Crippen LogP contribution is 2.20. The predicted octanol–water partition coefficient (Wildman–Crippen LogP) is 3.49. The number of halogens is 1. The Labute approximate surface area is 177 Å². The summed E-state index contributed by atoms with van der Waals surface area (Å²) < 4.78 is 0. The van der Waals surface area contributed by atoms with Crippen LogP contribution in [-0.2, 0) is 6.54 Å². The van der Waals surface area contributed by atoms with E-state index >= 15 is 0 Å². The summed E-state index contributed by atoms with van der Waals surface area (Å²) in [6, 6.07) is 7.35. The van der Waals surface area contributed by atoms with Gasteiger partial charge >= 0.3 is 0 Å². The minimum absolute atomic E-state index is 0. The van der Waals surface area contributed by atoms with Crippen molar-refractivity contribution in [2.45, 2.75) is 76.1 Å². The van der Waals surface area contributed by atoms with Crippen LogP contribution in [0.4, 0.5) is 5.69 Å². The summed E-state index contributed by atoms with van der Waals surface area (Å²) >= 11 is 0. The van der Waals surface area contributed by atoms with E-state index in [0.717, 1.165) is 37.2 Å². The van der Waals surface area contributed by atoms with E-state index in [4.69, 9.17) is 4.99 Å². The quantitative estimate of drug-likeness (QED) is 0.194. The SMILES string of the molecule is I.O=[N+]([O-])c1ccc(CN=C(NC2CCCC2)NC2CCC(O)CC2)cc1. The molecule has 0 amide bonds. The molecule has 0 bridgehead atoms. The first-order valence-corrected chi connectivity index (χ1v) is 9.59. The summed E-state index contributed by atoms with van der Waals surface area (Å²) in [5.74, 6) is 0.816. The topological polar surface area (TPSA) is 99.8 Å². The van der Waals surface area contributed by atoms with Crippen molar-refractivity contribution in [3.8, 4) is 0 Å². The molecule has 0 aromatic heterocycles. The van der Waals surface area contributed by atoms with Crippen molar-refractivity contribution >= 4 is 35.6 Å². The number of hydrogen-bond donors (Lipinski definition) is 3. The molecule has 0 unspecified atom stereocenters. The normalized spacial score (nSPS) is 23.5. The molecule has 3 rings (SSSR count). The number of non-ortho nitro benzene ring substituents is 1. The zero-order valence-electron chi connectivity index (χ0n) is 15.5. The molecule has 7 nitrogen and oxygen atoms in total. The zero-order valence-corrected chi connectivity index (χ0v) is 17.8. The summed E-state index contributed by atoms with van der Waals surface area (Å²) in [5.41, 5.74) is 1.04. The third-order valence-electron chi connectivity index (χ3n) is 5.30. The van der Waals surface area contributed by atoms with Crippen LogP contribution in [0.5, 0.6) is 0 Å². The Kier molecular flexibility index (Phi) is 8.75. The Bertz CT molecular complexity index is 624. The molecule has 0 heterocycles. The van der Waals surface area contributed by atoms with Gasteiger partial charge < -0.3 is 15.7 Å². The standard InChI is InChI=1S/C19H28N4O3.HI/c24-18-11-7-16(8-12-18)22-19(21-15-3-1-2-4-15)20-13-14-5-9-17(10-6-14)23(25)26;/h5-6,9-10,15-16,18,24H,1-4,7-8,11-13H2,(H2,20,21,22);1H. The maximum atomic E-state index is 10.8. The van der Waals surface area contributed by atoms with Gasteiger partial charge in [0.25, 0.3) is 5.69 Å². The molecule has 2 aliphatic carbocycles. The van der Waals surface area contributed by atoms with Crippen LogP contribution in [0, 0.1) is 10.1 Å². The number of benzene rings is 1. The maximum absolute atomic E-state index is 10.8. The molecule has 2 saturated carbocycles. The van der Waals surface area contributed by atoms with Crippen LogP contribution in [0.15, 0.2) is 29.3 Å². The number of aliphatic imine (C=N–C) groups is 1. The molecule has 27 heavy (non-hydrogen) atoms. The molecule has 8 heteroatoms. The van der Waals surface area contributed by atoms with E-state index < -0.39 is 0 Å². The molecule has 1 aromatic rings. The fraction of sp³-hybridized carbons (Fsp3) is 0.632. The van der Waals surface area contributed by atoms with E-state index in [0.29, 0.717) is 18.6 Å². The Morgan fingerprint density at radius 1 is 1.04 bits per heavy atom. The number of nitro benzene ring substituents is 1. The third kappa shape index (κ3) is 6.91. The van der Waals surface area contributed by atoms with E-state index in [1.807, 2.05) is 0 Å². The number of aliphatic hydroxyl groups is 1. The van der Waals surface area contributed by atoms with E-state index in [9.17, 15) is 15.2 Å². The van der Waals surface area contributed by atoms with Gasteiger partial charge in [-0.25, -0.2) is 4.99 Å². The van der Waals surface area contributed by atoms with Crippen molar-refractivity contribution in [1.82, 2.24) is 10.6 Å². The largest absolute Gasteiger partial charge is 0.393 e. The number of nitrogens with zero attached hydrogens (tertiary/aromatic N) is 2. The molecule has 3 N–H and O–H groups in total. The maximum Gasteiger partial charge on any atom is 0.269 e. The lowest BCUT2D eigenvalue weighted by Crippen LogP contribution is -2.48. The molecule has 0 atom stereocenters. The molecule has 0 spiro atoms. The molecule has 2 aliphatic rings. The average Bonchev–Trinajstić information content (AvgIpc) is 3.15. The Balaban J connectivity index is 0.00000261. The molecular weight excluding hydrogens is 459 g/mol. The Hall–Kier alpha value is -1.42. The molecule has 0 saturated heterocycles. The van der Waals surface area contributed by atoms with Gasteiger partial charge in [0.1, 0.15) is 0 Å². The number of hydrogen-bond acceptors (Lipinski definition) is 4. The van der Waals surface area contributed by atoms with E-state index in [2.05, 4.69) is 10.6 Å². The van der Waals surface area contributed by atoms with Crippen LogP contribution < -0.4 is 10.6 Å². The van der Waals surface area contributed by atoms with Gasteiger partial charge in [-0.05, 0) is 44.1 Å². The molecule has 1 aromatic carbocycles. The Morgan fingerprint density at radius 3 is 2.15 bits per heavy atom. The van der Waals surface area contributed by atoms with Crippen molar-refractivity contribution in [1.29, 1.82) is 0 Å². The second kappa shape index (κ2) is 10.8. The van der Waals surface area contributed by atoms with E-state index in [1.165, 1.54) is 37.8 Å². The fourth-order valence-electron chi connectivity index (χ4n) is 3.70. The summed E-state index contributed by atoms with van der Waals surface area (Å²) in [5, 5.41) is 27.5. The van der Waals surface area contributed by atoms with Gasteiger partial charge in [0.15, 0.2) is 5.96 Å². The van der Waals surface area contributed by atoms with Crippen molar-refractivity contribution in [3.63, 3.8) is 0 Å². The van der Waals surface area contributed by atoms with Crippen molar-refractivity contribution in [3.05, 3.63) is 39.9 Å². The number of guanidine groups is 1. The second-order valence-electron chi connectivity index (χ2n) is 7.36. The van der Waals surface area contributed by atoms with Crippen LogP contribution in [0.3, 0.4) is 0 Å². The smallest absolute Gasteiger partial charge is 0.269 e. The van der Waals surface area contributed by atoms with Gasteiger partial charge in [-0.3, -0.25) is 10.1 Å². The van der Waals surface area contributed by atoms with Crippen LogP contribution in [0.1, 0.15) is 56.9 Å². The highest BCUT2D eigenvalue weighted by Gasteiger charge is 2.22. The van der Waals surface area contributed by atoms with Gasteiger partial charge in [0.05, 0.1) is 17.6 Å². The second-order valence-corrected chi connectivity index (χ2v) is 7.36. The summed E-state index contributed by atoms with van der Waals surface area (Å²) in [4.78, 5) is 15.1. The first kappa shape index (κ1) is 21.9. The Morgan fingerprint density at radius 2 is 1.59 bits per heavy atom. The lowest BCUT2D eigenvalue weighted by Gasteiger charge is -2.28. The van der Waals surface area contributed by atoms with Crippen LogP contribution in [0.2, 0.25) is 0 Å². The highest BCUT2D eigenvalue weighted by atomic mass is 127. The molecular formula is C19H29IN4O3. The van der Waals surface area contributed by atoms with Crippen molar-refractivity contribution in [2.75, 3.05) is 0 Å². The van der Waals surface area contributed by atoms with E-state index in [1.54, 1.807) is 12.1 Å². The first-order valence-electron chi connectivity index (χ1n) is 9.59. The van der Waals surface area contributed by atoms with Gasteiger partial charge in [-0.15, -0.1) is 24.0 Å². The van der Waals surface area contributed by atoms with Crippen LogP contribution in [0.25, 0.3) is 0 Å². The molecule has 0 radical (unpaired) electrons. The van der Waals surface area contributed by atoms with Crippen molar-refractivity contribution < 1.29 is 10.0 Å².